The van der Waals surface area contributed by atoms with Gasteiger partial charge in [0.05, 0.1) is 5.56 Å². The van der Waals surface area contributed by atoms with E-state index in [1.165, 1.54) is 19.3 Å². The van der Waals surface area contributed by atoms with Gasteiger partial charge in [-0.15, -0.1) is 0 Å². The van der Waals surface area contributed by atoms with Gasteiger partial charge in [0.15, 0.2) is 0 Å². The van der Waals surface area contributed by atoms with Crippen molar-refractivity contribution in [2.75, 3.05) is 18.0 Å². The molecule has 2 aromatic heterocycles. The van der Waals surface area contributed by atoms with Crippen molar-refractivity contribution in [3.63, 3.8) is 0 Å². The van der Waals surface area contributed by atoms with E-state index < -0.39 is 0 Å². The fourth-order valence-corrected chi connectivity index (χ4v) is 3.24. The van der Waals surface area contributed by atoms with Crippen LogP contribution >= 0.6 is 0 Å². The number of aromatic amines is 1. The monoisotopic (exact) mass is 309 g/mol. The lowest BCUT2D eigenvalue weighted by molar-refractivity contribution is 0.560. The van der Waals surface area contributed by atoms with Crippen LogP contribution in [0.15, 0.2) is 39.7 Å². The molecule has 1 N–H and O–H groups in total. The first-order valence-corrected chi connectivity index (χ1v) is 8.06. The number of aromatic nitrogens is 2. The molecular formula is C18H19N3O2. The molecule has 3 aromatic rings. The predicted molar refractivity (Wildman–Crippen MR) is 90.9 cm³/mol. The van der Waals surface area contributed by atoms with E-state index in [9.17, 15) is 4.79 Å². The molecule has 1 saturated heterocycles. The quantitative estimate of drug-likeness (QED) is 0.736. The van der Waals surface area contributed by atoms with Gasteiger partial charge in [-0.1, -0.05) is 0 Å². The molecule has 0 saturated carbocycles. The van der Waals surface area contributed by atoms with Crippen LogP contribution in [0.5, 0.6) is 0 Å². The largest absolute Gasteiger partial charge is 0.422 e. The standard InChI is InChI=1S/C18H19N3O2/c1-12-11-19-20-17(12)15-9-13-5-6-14(10-16(13)23-18(15)22)21-7-3-2-4-8-21/h5-6,9-11H,2-4,7-8H2,1H3,(H,19,20). The van der Waals surface area contributed by atoms with Crippen molar-refractivity contribution < 1.29 is 4.42 Å². The van der Waals surface area contributed by atoms with Crippen molar-refractivity contribution in [1.29, 1.82) is 0 Å². The Labute approximate surface area is 133 Å². The molecule has 5 heteroatoms. The Morgan fingerprint density at radius 3 is 2.74 bits per heavy atom. The van der Waals surface area contributed by atoms with E-state index in [0.717, 1.165) is 29.7 Å². The highest BCUT2D eigenvalue weighted by molar-refractivity contribution is 5.84. The summed E-state index contributed by atoms with van der Waals surface area (Å²) in [5, 5.41) is 7.86. The molecule has 118 valence electrons. The first-order valence-electron chi connectivity index (χ1n) is 8.06. The topological polar surface area (TPSA) is 62.1 Å². The first-order chi connectivity index (χ1) is 11.2. The van der Waals surface area contributed by atoms with Gasteiger partial charge in [0.1, 0.15) is 11.3 Å². The van der Waals surface area contributed by atoms with Gasteiger partial charge in [0.25, 0.3) is 0 Å². The maximum Gasteiger partial charge on any atom is 0.345 e. The summed E-state index contributed by atoms with van der Waals surface area (Å²) in [6.45, 7) is 4.06. The van der Waals surface area contributed by atoms with Crippen LogP contribution in [0.4, 0.5) is 5.69 Å². The highest BCUT2D eigenvalue weighted by Crippen LogP contribution is 2.27. The number of hydrogen-bond donors (Lipinski definition) is 1. The molecule has 1 aliphatic rings. The number of piperidine rings is 1. The summed E-state index contributed by atoms with van der Waals surface area (Å²) >= 11 is 0. The Bertz CT molecular complexity index is 904. The van der Waals surface area contributed by atoms with Crippen LogP contribution in [-0.4, -0.2) is 23.3 Å². The van der Waals surface area contributed by atoms with Crippen LogP contribution in [0.1, 0.15) is 24.8 Å². The van der Waals surface area contributed by atoms with E-state index in [1.807, 2.05) is 25.1 Å². The van der Waals surface area contributed by atoms with Crippen LogP contribution < -0.4 is 10.5 Å². The molecule has 0 aliphatic carbocycles. The van der Waals surface area contributed by atoms with E-state index in [4.69, 9.17) is 4.42 Å². The zero-order chi connectivity index (χ0) is 15.8. The van der Waals surface area contributed by atoms with Gasteiger partial charge in [0, 0.05) is 36.4 Å². The van der Waals surface area contributed by atoms with Crippen LogP contribution in [-0.2, 0) is 0 Å². The summed E-state index contributed by atoms with van der Waals surface area (Å²) in [7, 11) is 0. The second kappa shape index (κ2) is 5.57. The molecule has 5 nitrogen and oxygen atoms in total. The van der Waals surface area contributed by atoms with Crippen molar-refractivity contribution in [2.24, 2.45) is 0 Å². The lowest BCUT2D eigenvalue weighted by Crippen LogP contribution is -2.29. The third-order valence-corrected chi connectivity index (χ3v) is 4.53. The number of nitrogens with zero attached hydrogens (tertiary/aromatic N) is 2. The lowest BCUT2D eigenvalue weighted by atomic mass is 10.1. The first kappa shape index (κ1) is 14.1. The number of H-pyrrole nitrogens is 1. The van der Waals surface area contributed by atoms with E-state index >= 15 is 0 Å². The summed E-state index contributed by atoms with van der Waals surface area (Å²) in [5.74, 6) is 0. The van der Waals surface area contributed by atoms with Crippen molar-refractivity contribution in [3.8, 4) is 11.3 Å². The van der Waals surface area contributed by atoms with Crippen molar-refractivity contribution in [1.82, 2.24) is 10.2 Å². The Morgan fingerprint density at radius 2 is 2.00 bits per heavy atom. The minimum atomic E-state index is -0.344. The Balaban J connectivity index is 1.79. The molecule has 23 heavy (non-hydrogen) atoms. The third kappa shape index (κ3) is 2.52. The molecule has 0 unspecified atom stereocenters. The predicted octanol–water partition coefficient (Wildman–Crippen LogP) is 3.48. The van der Waals surface area contributed by atoms with Crippen molar-refractivity contribution >= 4 is 16.7 Å². The average Bonchev–Trinajstić information content (AvgIpc) is 3.00. The summed E-state index contributed by atoms with van der Waals surface area (Å²) in [5.41, 5.74) is 3.51. The van der Waals surface area contributed by atoms with Crippen molar-refractivity contribution in [2.45, 2.75) is 26.2 Å². The molecule has 0 spiro atoms. The Hall–Kier alpha value is -2.56. The molecule has 0 amide bonds. The second-order valence-electron chi connectivity index (χ2n) is 6.13. The van der Waals surface area contributed by atoms with Crippen LogP contribution in [0.2, 0.25) is 0 Å². The fourth-order valence-electron chi connectivity index (χ4n) is 3.24. The Kier molecular flexibility index (Phi) is 3.41. The van der Waals surface area contributed by atoms with Crippen LogP contribution in [0, 0.1) is 6.92 Å². The summed E-state index contributed by atoms with van der Waals surface area (Å²) in [6.07, 6.45) is 5.52. The molecule has 0 atom stereocenters. The number of anilines is 1. The number of benzene rings is 1. The van der Waals surface area contributed by atoms with Gasteiger partial charge >= 0.3 is 5.63 Å². The molecule has 1 aromatic carbocycles. The zero-order valence-corrected chi connectivity index (χ0v) is 13.1. The average molecular weight is 309 g/mol. The highest BCUT2D eigenvalue weighted by atomic mass is 16.4. The number of hydrogen-bond acceptors (Lipinski definition) is 4. The van der Waals surface area contributed by atoms with E-state index in [2.05, 4.69) is 21.2 Å². The zero-order valence-electron chi connectivity index (χ0n) is 13.1. The maximum absolute atomic E-state index is 12.3. The highest BCUT2D eigenvalue weighted by Gasteiger charge is 2.15. The van der Waals surface area contributed by atoms with Gasteiger partial charge in [-0.05, 0) is 49.9 Å². The molecular weight excluding hydrogens is 290 g/mol. The second-order valence-corrected chi connectivity index (χ2v) is 6.13. The van der Waals surface area contributed by atoms with Gasteiger partial charge in [0.2, 0.25) is 0 Å². The maximum atomic E-state index is 12.3. The van der Waals surface area contributed by atoms with Crippen molar-refractivity contribution in [3.05, 3.63) is 46.4 Å². The van der Waals surface area contributed by atoms with Gasteiger partial charge in [-0.2, -0.15) is 5.10 Å². The number of rotatable bonds is 2. The molecule has 0 radical (unpaired) electrons. The van der Waals surface area contributed by atoms with Crippen LogP contribution in [0.3, 0.4) is 0 Å². The summed E-state index contributed by atoms with van der Waals surface area (Å²) in [4.78, 5) is 14.7. The molecule has 0 bridgehead atoms. The van der Waals surface area contributed by atoms with Gasteiger partial charge in [-0.25, -0.2) is 4.79 Å². The van der Waals surface area contributed by atoms with E-state index in [1.54, 1.807) is 6.20 Å². The number of nitrogens with one attached hydrogen (secondary N) is 1. The molecule has 3 heterocycles. The number of aryl methyl sites for hydroxylation is 1. The van der Waals surface area contributed by atoms with Crippen LogP contribution in [0.25, 0.3) is 22.2 Å². The lowest BCUT2D eigenvalue weighted by Gasteiger charge is -2.28. The summed E-state index contributed by atoms with van der Waals surface area (Å²) in [6, 6.07) is 7.97. The minimum Gasteiger partial charge on any atom is -0.422 e. The SMILES string of the molecule is Cc1c[nH]nc1-c1cc2ccc(N3CCCCC3)cc2oc1=O. The summed E-state index contributed by atoms with van der Waals surface area (Å²) < 4.78 is 5.57. The molecule has 1 aliphatic heterocycles. The molecule has 4 rings (SSSR count). The van der Waals surface area contributed by atoms with E-state index in [-0.39, 0.29) is 5.63 Å². The van der Waals surface area contributed by atoms with Gasteiger partial charge < -0.3 is 9.32 Å². The number of fused-ring (bicyclic) bond motifs is 1. The normalized spacial score (nSPS) is 15.3. The minimum absolute atomic E-state index is 0.344. The van der Waals surface area contributed by atoms with E-state index in [0.29, 0.717) is 16.8 Å². The molecule has 1 fully saturated rings. The Morgan fingerprint density at radius 1 is 1.17 bits per heavy atom. The smallest absolute Gasteiger partial charge is 0.345 e. The fraction of sp³-hybridized carbons (Fsp3) is 0.333. The van der Waals surface area contributed by atoms with Gasteiger partial charge in [-0.3, -0.25) is 5.10 Å². The third-order valence-electron chi connectivity index (χ3n) is 4.53.